The van der Waals surface area contributed by atoms with Crippen LogP contribution < -0.4 is 10.1 Å². The number of anilines is 1. The molecule has 0 bridgehead atoms. The number of hydrogen-bond donors (Lipinski definition) is 2. The summed E-state index contributed by atoms with van der Waals surface area (Å²) in [4.78, 5) is 0. The number of unbranched alkanes of at least 4 members (excludes halogenated alkanes) is 2. The molecule has 0 aliphatic carbocycles. The number of benzene rings is 1. The third-order valence-electron chi connectivity index (χ3n) is 2.32. The standard InChI is InChI=1S/C13H21NOS/c1-2-3-6-10-15-13-8-5-4-7-12(13)14-9-11-16/h4-5,7-8,14,16H,2-3,6,9-11H2,1H3. The van der Waals surface area contributed by atoms with E-state index in [0.29, 0.717) is 0 Å². The van der Waals surface area contributed by atoms with Crippen molar-refractivity contribution in [2.24, 2.45) is 0 Å². The van der Waals surface area contributed by atoms with Gasteiger partial charge < -0.3 is 10.1 Å². The molecule has 3 heteroatoms. The molecular weight excluding hydrogens is 218 g/mol. The minimum Gasteiger partial charge on any atom is -0.491 e. The lowest BCUT2D eigenvalue weighted by molar-refractivity contribution is 0.307. The van der Waals surface area contributed by atoms with Crippen molar-refractivity contribution < 1.29 is 4.74 Å². The van der Waals surface area contributed by atoms with Crippen LogP contribution in [0, 0.1) is 0 Å². The SMILES string of the molecule is CCCCCOc1ccccc1NCCS. The lowest BCUT2D eigenvalue weighted by Crippen LogP contribution is -2.05. The molecule has 1 aromatic carbocycles. The Bertz CT molecular complexity index is 291. The first-order valence-corrected chi connectivity index (χ1v) is 6.58. The molecule has 0 saturated carbocycles. The molecule has 0 fully saturated rings. The number of hydrogen-bond acceptors (Lipinski definition) is 3. The van der Waals surface area contributed by atoms with Gasteiger partial charge in [0.15, 0.2) is 0 Å². The van der Waals surface area contributed by atoms with Crippen molar-refractivity contribution in [3.05, 3.63) is 24.3 Å². The Morgan fingerprint density at radius 2 is 2.06 bits per heavy atom. The van der Waals surface area contributed by atoms with Gasteiger partial charge in [-0.25, -0.2) is 0 Å². The largest absolute Gasteiger partial charge is 0.491 e. The van der Waals surface area contributed by atoms with Gasteiger partial charge in [-0.15, -0.1) is 0 Å². The van der Waals surface area contributed by atoms with Gasteiger partial charge in [0.2, 0.25) is 0 Å². The second kappa shape index (κ2) is 8.34. The fourth-order valence-corrected chi connectivity index (χ4v) is 1.58. The highest BCUT2D eigenvalue weighted by atomic mass is 32.1. The van der Waals surface area contributed by atoms with Crippen LogP contribution in [0.2, 0.25) is 0 Å². The normalized spacial score (nSPS) is 10.1. The number of para-hydroxylation sites is 2. The Kier molecular flexibility index (Phi) is 6.90. The monoisotopic (exact) mass is 239 g/mol. The van der Waals surface area contributed by atoms with Crippen molar-refractivity contribution in [3.8, 4) is 5.75 Å². The molecule has 1 aromatic rings. The molecule has 0 unspecified atom stereocenters. The zero-order valence-corrected chi connectivity index (χ0v) is 10.8. The van der Waals surface area contributed by atoms with Crippen LogP contribution >= 0.6 is 12.6 Å². The van der Waals surface area contributed by atoms with Crippen LogP contribution in [0.25, 0.3) is 0 Å². The summed E-state index contributed by atoms with van der Waals surface area (Å²) in [6.07, 6.45) is 3.58. The van der Waals surface area contributed by atoms with Gasteiger partial charge in [0.1, 0.15) is 5.75 Å². The first kappa shape index (κ1) is 13.2. The van der Waals surface area contributed by atoms with Gasteiger partial charge in [-0.05, 0) is 18.6 Å². The summed E-state index contributed by atoms with van der Waals surface area (Å²) in [5.41, 5.74) is 1.06. The van der Waals surface area contributed by atoms with E-state index in [0.717, 1.165) is 36.8 Å². The quantitative estimate of drug-likeness (QED) is 0.534. The average Bonchev–Trinajstić information content (AvgIpc) is 2.33. The van der Waals surface area contributed by atoms with Gasteiger partial charge in [0.25, 0.3) is 0 Å². The average molecular weight is 239 g/mol. The van der Waals surface area contributed by atoms with Gasteiger partial charge in [0, 0.05) is 12.3 Å². The minimum absolute atomic E-state index is 0.799. The highest BCUT2D eigenvalue weighted by molar-refractivity contribution is 7.80. The van der Waals surface area contributed by atoms with Crippen LogP contribution in [-0.4, -0.2) is 18.9 Å². The topological polar surface area (TPSA) is 21.3 Å². The smallest absolute Gasteiger partial charge is 0.142 e. The second-order valence-electron chi connectivity index (χ2n) is 3.70. The molecule has 0 saturated heterocycles. The van der Waals surface area contributed by atoms with Crippen LogP contribution in [-0.2, 0) is 0 Å². The summed E-state index contributed by atoms with van der Waals surface area (Å²) in [7, 11) is 0. The molecule has 0 aliphatic heterocycles. The highest BCUT2D eigenvalue weighted by Gasteiger charge is 2.00. The van der Waals surface area contributed by atoms with Crippen molar-refractivity contribution in [2.75, 3.05) is 24.2 Å². The lowest BCUT2D eigenvalue weighted by atomic mass is 10.2. The molecule has 0 amide bonds. The maximum absolute atomic E-state index is 5.75. The summed E-state index contributed by atoms with van der Waals surface area (Å²) in [6, 6.07) is 8.06. The van der Waals surface area contributed by atoms with Gasteiger partial charge in [-0.3, -0.25) is 0 Å². The minimum atomic E-state index is 0.799. The maximum Gasteiger partial charge on any atom is 0.142 e. The van der Waals surface area contributed by atoms with E-state index in [4.69, 9.17) is 4.74 Å². The van der Waals surface area contributed by atoms with Crippen LogP contribution in [0.4, 0.5) is 5.69 Å². The lowest BCUT2D eigenvalue weighted by Gasteiger charge is -2.12. The molecule has 1 rings (SSSR count). The third kappa shape index (κ3) is 4.79. The van der Waals surface area contributed by atoms with Crippen LogP contribution in [0.1, 0.15) is 26.2 Å². The molecule has 90 valence electrons. The van der Waals surface area contributed by atoms with E-state index in [1.54, 1.807) is 0 Å². The van der Waals surface area contributed by atoms with Gasteiger partial charge in [-0.2, -0.15) is 12.6 Å². The Labute approximate surface area is 104 Å². The maximum atomic E-state index is 5.75. The fourth-order valence-electron chi connectivity index (χ4n) is 1.46. The van der Waals surface area contributed by atoms with E-state index >= 15 is 0 Å². The Morgan fingerprint density at radius 3 is 2.81 bits per heavy atom. The van der Waals surface area contributed by atoms with Gasteiger partial charge >= 0.3 is 0 Å². The van der Waals surface area contributed by atoms with Crippen molar-refractivity contribution in [1.82, 2.24) is 0 Å². The second-order valence-corrected chi connectivity index (χ2v) is 4.15. The molecule has 0 aliphatic rings. The van der Waals surface area contributed by atoms with Crippen molar-refractivity contribution in [3.63, 3.8) is 0 Å². The summed E-state index contributed by atoms with van der Waals surface area (Å²) in [6.45, 7) is 3.86. The first-order valence-electron chi connectivity index (χ1n) is 5.95. The molecule has 0 atom stereocenters. The predicted octanol–water partition coefficient (Wildman–Crippen LogP) is 3.60. The van der Waals surface area contributed by atoms with Crippen molar-refractivity contribution in [1.29, 1.82) is 0 Å². The molecule has 0 radical (unpaired) electrons. The number of ether oxygens (including phenoxy) is 1. The zero-order valence-electron chi connectivity index (χ0n) is 9.91. The zero-order chi connectivity index (χ0) is 11.6. The number of rotatable bonds is 8. The van der Waals surface area contributed by atoms with E-state index in [-0.39, 0.29) is 0 Å². The fraction of sp³-hybridized carbons (Fsp3) is 0.538. The third-order valence-corrected chi connectivity index (χ3v) is 2.54. The summed E-state index contributed by atoms with van der Waals surface area (Å²) in [5, 5.41) is 3.30. The van der Waals surface area contributed by atoms with Crippen LogP contribution in [0.5, 0.6) is 5.75 Å². The summed E-state index contributed by atoms with van der Waals surface area (Å²) in [5.74, 6) is 1.77. The van der Waals surface area contributed by atoms with E-state index < -0.39 is 0 Å². The Morgan fingerprint density at radius 1 is 1.25 bits per heavy atom. The molecule has 16 heavy (non-hydrogen) atoms. The summed E-state index contributed by atoms with van der Waals surface area (Å²) < 4.78 is 5.75. The number of nitrogens with one attached hydrogen (secondary N) is 1. The molecule has 0 spiro atoms. The molecule has 2 nitrogen and oxygen atoms in total. The highest BCUT2D eigenvalue weighted by Crippen LogP contribution is 2.23. The number of thiol groups is 1. The Balaban J connectivity index is 2.43. The molecule has 1 N–H and O–H groups in total. The van der Waals surface area contributed by atoms with Crippen LogP contribution in [0.15, 0.2) is 24.3 Å². The van der Waals surface area contributed by atoms with Crippen molar-refractivity contribution >= 4 is 18.3 Å². The van der Waals surface area contributed by atoms with E-state index in [1.165, 1.54) is 12.8 Å². The van der Waals surface area contributed by atoms with Gasteiger partial charge in [0.05, 0.1) is 12.3 Å². The first-order chi connectivity index (χ1) is 7.88. The van der Waals surface area contributed by atoms with E-state index in [9.17, 15) is 0 Å². The van der Waals surface area contributed by atoms with Crippen LogP contribution in [0.3, 0.4) is 0 Å². The van der Waals surface area contributed by atoms with E-state index in [2.05, 4.69) is 24.9 Å². The Hall–Kier alpha value is -0.830. The molecular formula is C13H21NOS. The van der Waals surface area contributed by atoms with Crippen molar-refractivity contribution in [2.45, 2.75) is 26.2 Å². The summed E-state index contributed by atoms with van der Waals surface area (Å²) >= 11 is 4.18. The predicted molar refractivity (Wildman–Crippen MR) is 73.8 cm³/mol. The van der Waals surface area contributed by atoms with E-state index in [1.807, 2.05) is 24.3 Å². The molecule has 0 aromatic heterocycles. The van der Waals surface area contributed by atoms with Gasteiger partial charge in [-0.1, -0.05) is 31.9 Å². The molecule has 0 heterocycles.